The molecule has 1 aliphatic rings. The zero-order valence-electron chi connectivity index (χ0n) is 11.3. The standard InChI is InChI=1S/C12H16F5NO3/c1-18(9(21)11(13,14)12(15,16)17)10(7-8(19)20)5-3-2-4-6-10/h2-7H2,1H3,(H,19,20). The SMILES string of the molecule is CN(C(=O)C(F)(F)C(F)(F)F)C1(CC(=O)O)CCCCC1. The molecule has 1 amide bonds. The van der Waals surface area contributed by atoms with Gasteiger partial charge in [0, 0.05) is 7.05 Å². The van der Waals surface area contributed by atoms with E-state index >= 15 is 0 Å². The maximum Gasteiger partial charge on any atom is 0.463 e. The molecule has 4 nitrogen and oxygen atoms in total. The number of carboxylic acids is 1. The van der Waals surface area contributed by atoms with Crippen LogP contribution < -0.4 is 0 Å². The number of rotatable bonds is 4. The molecule has 1 aliphatic carbocycles. The molecule has 0 atom stereocenters. The summed E-state index contributed by atoms with van der Waals surface area (Å²) in [6.07, 6.45) is -4.80. The van der Waals surface area contributed by atoms with E-state index in [2.05, 4.69) is 0 Å². The predicted molar refractivity (Wildman–Crippen MR) is 61.8 cm³/mol. The first-order valence-corrected chi connectivity index (χ1v) is 6.39. The van der Waals surface area contributed by atoms with Gasteiger partial charge in [0.25, 0.3) is 0 Å². The van der Waals surface area contributed by atoms with Crippen LogP contribution in [0.5, 0.6) is 0 Å². The highest BCUT2D eigenvalue weighted by molar-refractivity contribution is 5.85. The van der Waals surface area contributed by atoms with E-state index in [9.17, 15) is 31.5 Å². The van der Waals surface area contributed by atoms with Crippen molar-refractivity contribution < 1.29 is 36.6 Å². The molecule has 1 rings (SSSR count). The number of amides is 1. The second-order valence-electron chi connectivity index (χ2n) is 5.29. The van der Waals surface area contributed by atoms with E-state index in [1.165, 1.54) is 0 Å². The first-order valence-electron chi connectivity index (χ1n) is 6.39. The van der Waals surface area contributed by atoms with Crippen molar-refractivity contribution in [2.24, 2.45) is 0 Å². The van der Waals surface area contributed by atoms with Crippen LogP contribution in [0.1, 0.15) is 38.5 Å². The number of carboxylic acid groups (broad SMARTS) is 1. The summed E-state index contributed by atoms with van der Waals surface area (Å²) in [6.45, 7) is 0. The van der Waals surface area contributed by atoms with Gasteiger partial charge in [-0.3, -0.25) is 9.59 Å². The topological polar surface area (TPSA) is 57.6 Å². The highest BCUT2D eigenvalue weighted by Crippen LogP contribution is 2.42. The molecule has 9 heteroatoms. The normalized spacial score (nSPS) is 19.1. The average molecular weight is 317 g/mol. The number of hydrogen-bond donors (Lipinski definition) is 1. The van der Waals surface area contributed by atoms with E-state index < -0.39 is 35.9 Å². The van der Waals surface area contributed by atoms with Crippen LogP contribution in [0.15, 0.2) is 0 Å². The van der Waals surface area contributed by atoms with Crippen molar-refractivity contribution in [1.82, 2.24) is 4.90 Å². The van der Waals surface area contributed by atoms with Gasteiger partial charge >= 0.3 is 24.0 Å². The number of halogens is 5. The molecule has 0 aromatic carbocycles. The van der Waals surface area contributed by atoms with E-state index in [1.807, 2.05) is 0 Å². The van der Waals surface area contributed by atoms with Crippen molar-refractivity contribution in [2.45, 2.75) is 56.2 Å². The second-order valence-corrected chi connectivity index (χ2v) is 5.29. The average Bonchev–Trinajstić information content (AvgIpc) is 2.35. The zero-order valence-corrected chi connectivity index (χ0v) is 11.3. The van der Waals surface area contributed by atoms with Crippen LogP contribution in [0.3, 0.4) is 0 Å². The van der Waals surface area contributed by atoms with Crippen molar-refractivity contribution in [2.75, 3.05) is 7.05 Å². The minimum absolute atomic E-state index is 0.0927. The molecular weight excluding hydrogens is 301 g/mol. The van der Waals surface area contributed by atoms with Gasteiger partial charge in [0.1, 0.15) is 0 Å². The molecule has 122 valence electrons. The Morgan fingerprint density at radius 1 is 1.10 bits per heavy atom. The predicted octanol–water partition coefficient (Wildman–Crippen LogP) is 2.82. The Hall–Kier alpha value is -1.41. The molecule has 0 aliphatic heterocycles. The molecule has 1 N–H and O–H groups in total. The van der Waals surface area contributed by atoms with Gasteiger partial charge in [-0.15, -0.1) is 0 Å². The van der Waals surface area contributed by atoms with E-state index in [4.69, 9.17) is 5.11 Å². The molecule has 0 unspecified atom stereocenters. The van der Waals surface area contributed by atoms with Crippen LogP contribution in [-0.4, -0.2) is 46.6 Å². The summed E-state index contributed by atoms with van der Waals surface area (Å²) in [5, 5.41) is 8.88. The fourth-order valence-electron chi connectivity index (χ4n) is 2.67. The molecular formula is C12H16F5NO3. The van der Waals surface area contributed by atoms with Gasteiger partial charge in [0.15, 0.2) is 0 Å². The lowest BCUT2D eigenvalue weighted by Crippen LogP contribution is -2.59. The maximum atomic E-state index is 13.2. The lowest BCUT2D eigenvalue weighted by molar-refractivity contribution is -0.276. The first-order chi connectivity index (χ1) is 9.44. The Kier molecular flexibility index (Phi) is 4.84. The molecule has 1 saturated carbocycles. The summed E-state index contributed by atoms with van der Waals surface area (Å²) < 4.78 is 63.2. The van der Waals surface area contributed by atoms with Crippen molar-refractivity contribution in [3.05, 3.63) is 0 Å². The Morgan fingerprint density at radius 3 is 1.95 bits per heavy atom. The quantitative estimate of drug-likeness (QED) is 0.811. The minimum Gasteiger partial charge on any atom is -0.481 e. The first kappa shape index (κ1) is 17.6. The molecule has 0 bridgehead atoms. The molecule has 21 heavy (non-hydrogen) atoms. The minimum atomic E-state index is -6.00. The third-order valence-electron chi connectivity index (χ3n) is 3.91. The van der Waals surface area contributed by atoms with Crippen LogP contribution in [0.4, 0.5) is 22.0 Å². The molecule has 0 heterocycles. The van der Waals surface area contributed by atoms with Gasteiger partial charge in [-0.25, -0.2) is 0 Å². The van der Waals surface area contributed by atoms with E-state index in [0.717, 1.165) is 13.5 Å². The van der Waals surface area contributed by atoms with Crippen LogP contribution in [-0.2, 0) is 9.59 Å². The summed E-state index contributed by atoms with van der Waals surface area (Å²) in [5.74, 6) is -9.27. The zero-order chi connectivity index (χ0) is 16.5. The molecule has 0 aromatic rings. The van der Waals surface area contributed by atoms with Crippen LogP contribution >= 0.6 is 0 Å². The van der Waals surface area contributed by atoms with E-state index in [-0.39, 0.29) is 17.7 Å². The highest BCUT2D eigenvalue weighted by atomic mass is 19.4. The lowest BCUT2D eigenvalue weighted by atomic mass is 9.78. The van der Waals surface area contributed by atoms with Gasteiger partial charge in [-0.2, -0.15) is 22.0 Å². The van der Waals surface area contributed by atoms with Crippen LogP contribution in [0.2, 0.25) is 0 Å². The highest BCUT2D eigenvalue weighted by Gasteiger charge is 2.65. The monoisotopic (exact) mass is 317 g/mol. The number of carbonyl (C=O) groups is 2. The molecule has 0 aromatic heterocycles. The van der Waals surface area contributed by atoms with Gasteiger partial charge < -0.3 is 10.0 Å². The smallest absolute Gasteiger partial charge is 0.463 e. The largest absolute Gasteiger partial charge is 0.481 e. The van der Waals surface area contributed by atoms with E-state index in [0.29, 0.717) is 12.8 Å². The Morgan fingerprint density at radius 2 is 1.57 bits per heavy atom. The summed E-state index contributed by atoms with van der Waals surface area (Å²) in [5.41, 5.74) is -1.49. The third kappa shape index (κ3) is 3.44. The maximum absolute atomic E-state index is 13.2. The van der Waals surface area contributed by atoms with Crippen molar-refractivity contribution in [3.63, 3.8) is 0 Å². The van der Waals surface area contributed by atoms with Crippen LogP contribution in [0, 0.1) is 0 Å². The van der Waals surface area contributed by atoms with E-state index in [1.54, 1.807) is 0 Å². The van der Waals surface area contributed by atoms with Crippen molar-refractivity contribution >= 4 is 11.9 Å². The summed E-state index contributed by atoms with van der Waals surface area (Å²) >= 11 is 0. The summed E-state index contributed by atoms with van der Waals surface area (Å²) in [6, 6.07) is 0. The Balaban J connectivity index is 3.08. The second kappa shape index (κ2) is 5.76. The summed E-state index contributed by atoms with van der Waals surface area (Å²) in [4.78, 5) is 22.7. The molecule has 0 saturated heterocycles. The van der Waals surface area contributed by atoms with Gasteiger partial charge in [0.2, 0.25) is 0 Å². The molecule has 0 spiro atoms. The van der Waals surface area contributed by atoms with Gasteiger partial charge in [-0.05, 0) is 12.8 Å². The number of carbonyl (C=O) groups excluding carboxylic acids is 1. The fraction of sp³-hybridized carbons (Fsp3) is 0.833. The fourth-order valence-corrected chi connectivity index (χ4v) is 2.67. The summed E-state index contributed by atoms with van der Waals surface area (Å²) in [7, 11) is 0.816. The Bertz CT molecular complexity index is 416. The molecule has 0 radical (unpaired) electrons. The number of nitrogens with zero attached hydrogens (tertiary/aromatic N) is 1. The lowest BCUT2D eigenvalue weighted by Gasteiger charge is -2.44. The number of alkyl halides is 5. The van der Waals surface area contributed by atoms with Gasteiger partial charge in [-0.1, -0.05) is 19.3 Å². The number of aliphatic carboxylic acids is 1. The van der Waals surface area contributed by atoms with Crippen molar-refractivity contribution in [1.29, 1.82) is 0 Å². The van der Waals surface area contributed by atoms with Crippen molar-refractivity contribution in [3.8, 4) is 0 Å². The van der Waals surface area contributed by atoms with Gasteiger partial charge in [0.05, 0.1) is 12.0 Å². The van der Waals surface area contributed by atoms with Crippen LogP contribution in [0.25, 0.3) is 0 Å². The number of hydrogen-bond acceptors (Lipinski definition) is 2. The Labute approximate surface area is 117 Å². The molecule has 1 fully saturated rings. The third-order valence-corrected chi connectivity index (χ3v) is 3.91.